The molecule has 0 bridgehead atoms. The first kappa shape index (κ1) is 27.7. The molecule has 3 heterocycles. The highest BCUT2D eigenvalue weighted by Gasteiger charge is 2.26. The number of likely N-dealkylation sites (tertiary alicyclic amines) is 1. The molecule has 0 spiro atoms. The molecule has 3 N–H and O–H groups in total. The Labute approximate surface area is 242 Å². The Morgan fingerprint density at radius 1 is 1.05 bits per heavy atom. The van der Waals surface area contributed by atoms with E-state index in [9.17, 15) is 9.18 Å². The van der Waals surface area contributed by atoms with Crippen LogP contribution in [-0.2, 0) is 0 Å². The summed E-state index contributed by atoms with van der Waals surface area (Å²) in [6.45, 7) is 8.10. The highest BCUT2D eigenvalue weighted by Crippen LogP contribution is 2.34. The molecule has 3 aromatic carbocycles. The molecule has 0 radical (unpaired) electrons. The summed E-state index contributed by atoms with van der Waals surface area (Å²) in [5.74, 6) is -0.132. The Hall–Kier alpha value is -4.50. The zero-order chi connectivity index (χ0) is 29.5. The van der Waals surface area contributed by atoms with Gasteiger partial charge in [0.1, 0.15) is 17.4 Å². The number of rotatable bonds is 7. The Morgan fingerprint density at radius 3 is 2.52 bits per heavy atom. The molecule has 1 aliphatic heterocycles. The Bertz CT molecular complexity index is 1780. The number of halogens is 2. The number of piperidine rings is 1. The minimum Gasteiger partial charge on any atom is -0.454 e. The van der Waals surface area contributed by atoms with E-state index in [1.807, 2.05) is 13.0 Å². The fourth-order valence-corrected chi connectivity index (χ4v) is 5.79. The van der Waals surface area contributed by atoms with Gasteiger partial charge in [-0.05, 0) is 112 Å². The first-order valence-corrected chi connectivity index (χ1v) is 14.2. The van der Waals surface area contributed by atoms with Gasteiger partial charge in [0, 0.05) is 16.9 Å². The SMILES string of the molecule is Cc1cc(Oc2ccccc2F)ccc1-n1ncc(C(=O)c2cc3cc(F)c(C4CCN(C(C)C)CC4)cc3[nH]2)c1N. The highest BCUT2D eigenvalue weighted by molar-refractivity contribution is 6.12. The summed E-state index contributed by atoms with van der Waals surface area (Å²) in [4.78, 5) is 19.1. The van der Waals surface area contributed by atoms with Gasteiger partial charge in [-0.25, -0.2) is 13.5 Å². The van der Waals surface area contributed by atoms with Crippen molar-refractivity contribution in [1.29, 1.82) is 0 Å². The van der Waals surface area contributed by atoms with Gasteiger partial charge in [0.05, 0.1) is 23.1 Å². The number of nitrogens with two attached hydrogens (primary N) is 1. The molecule has 216 valence electrons. The number of fused-ring (bicyclic) bond motifs is 1. The summed E-state index contributed by atoms with van der Waals surface area (Å²) in [5, 5.41) is 5.01. The maximum absolute atomic E-state index is 15.2. The standard InChI is InChI=1S/C33H33F2N5O2/c1-19(2)39-12-10-21(11-13-39)24-17-28-22(15-27(24)35)16-29(38-28)32(41)25-18-37-40(33(25)36)30-9-8-23(14-20(30)3)42-31-7-5-4-6-26(31)34/h4-9,14-19,21,38H,10-13,36H2,1-3H3. The summed E-state index contributed by atoms with van der Waals surface area (Å²) < 4.78 is 36.4. The van der Waals surface area contributed by atoms with E-state index in [1.54, 1.807) is 42.5 Å². The van der Waals surface area contributed by atoms with Gasteiger partial charge in [-0.15, -0.1) is 0 Å². The highest BCUT2D eigenvalue weighted by atomic mass is 19.1. The summed E-state index contributed by atoms with van der Waals surface area (Å²) in [7, 11) is 0. The van der Waals surface area contributed by atoms with Crippen molar-refractivity contribution in [1.82, 2.24) is 19.7 Å². The van der Waals surface area contributed by atoms with Crippen molar-refractivity contribution in [2.75, 3.05) is 18.8 Å². The van der Waals surface area contributed by atoms with E-state index in [4.69, 9.17) is 10.5 Å². The van der Waals surface area contributed by atoms with E-state index in [1.165, 1.54) is 23.0 Å². The number of anilines is 1. The molecule has 7 nitrogen and oxygen atoms in total. The second kappa shape index (κ2) is 11.1. The van der Waals surface area contributed by atoms with Gasteiger partial charge < -0.3 is 20.4 Å². The van der Waals surface area contributed by atoms with Gasteiger partial charge in [-0.3, -0.25) is 4.79 Å². The molecule has 9 heteroatoms. The quantitative estimate of drug-likeness (QED) is 0.204. The number of ether oxygens (including phenoxy) is 1. The van der Waals surface area contributed by atoms with E-state index < -0.39 is 5.82 Å². The number of H-pyrrole nitrogens is 1. The fourth-order valence-electron chi connectivity index (χ4n) is 5.79. The summed E-state index contributed by atoms with van der Waals surface area (Å²) in [6.07, 6.45) is 3.23. The maximum Gasteiger partial charge on any atom is 0.214 e. The first-order valence-electron chi connectivity index (χ1n) is 14.2. The third-order valence-electron chi connectivity index (χ3n) is 8.19. The molecule has 1 fully saturated rings. The molecular formula is C33H33F2N5O2. The molecule has 0 atom stereocenters. The van der Waals surface area contributed by atoms with Crippen molar-refractivity contribution in [3.05, 3.63) is 101 Å². The van der Waals surface area contributed by atoms with E-state index in [0.29, 0.717) is 39.6 Å². The van der Waals surface area contributed by atoms with Gasteiger partial charge >= 0.3 is 0 Å². The van der Waals surface area contributed by atoms with Gasteiger partial charge in [0.15, 0.2) is 11.6 Å². The van der Waals surface area contributed by atoms with Crippen LogP contribution in [0.3, 0.4) is 0 Å². The van der Waals surface area contributed by atoms with Crippen molar-refractivity contribution >= 4 is 22.5 Å². The van der Waals surface area contributed by atoms with Crippen molar-refractivity contribution in [2.45, 2.75) is 45.6 Å². The topological polar surface area (TPSA) is 89.2 Å². The van der Waals surface area contributed by atoms with Gasteiger partial charge in [-0.1, -0.05) is 12.1 Å². The number of para-hydroxylation sites is 1. The number of aryl methyl sites for hydroxylation is 1. The van der Waals surface area contributed by atoms with Crippen LogP contribution in [0.25, 0.3) is 16.6 Å². The van der Waals surface area contributed by atoms with Crippen molar-refractivity contribution < 1.29 is 18.3 Å². The minimum atomic E-state index is -0.457. The largest absolute Gasteiger partial charge is 0.454 e. The van der Waals surface area contributed by atoms with Crippen LogP contribution in [0.4, 0.5) is 14.6 Å². The maximum atomic E-state index is 15.2. The fraction of sp³-hybridized carbons (Fsp3) is 0.273. The molecule has 42 heavy (non-hydrogen) atoms. The lowest BCUT2D eigenvalue weighted by Crippen LogP contribution is -2.38. The van der Waals surface area contributed by atoms with E-state index in [-0.39, 0.29) is 34.6 Å². The lowest BCUT2D eigenvalue weighted by molar-refractivity contribution is 0.103. The molecule has 0 unspecified atom stereocenters. The van der Waals surface area contributed by atoms with Crippen LogP contribution >= 0.6 is 0 Å². The predicted octanol–water partition coefficient (Wildman–Crippen LogP) is 7.13. The molecule has 6 rings (SSSR count). The van der Waals surface area contributed by atoms with Crippen LogP contribution in [0.5, 0.6) is 11.5 Å². The van der Waals surface area contributed by atoms with Gasteiger partial charge in [-0.2, -0.15) is 5.10 Å². The van der Waals surface area contributed by atoms with Crippen molar-refractivity contribution in [3.63, 3.8) is 0 Å². The second-order valence-corrected chi connectivity index (χ2v) is 11.2. The van der Waals surface area contributed by atoms with Crippen LogP contribution in [0.2, 0.25) is 0 Å². The predicted molar refractivity (Wildman–Crippen MR) is 160 cm³/mol. The molecule has 0 aliphatic carbocycles. The number of carbonyl (C=O) groups excluding carboxylic acids is 1. The Kier molecular flexibility index (Phi) is 7.28. The number of hydrogen-bond donors (Lipinski definition) is 2. The molecule has 1 aliphatic rings. The molecule has 0 amide bonds. The molecular weight excluding hydrogens is 536 g/mol. The number of hydrogen-bond acceptors (Lipinski definition) is 5. The van der Waals surface area contributed by atoms with Gasteiger partial charge in [0.25, 0.3) is 0 Å². The van der Waals surface area contributed by atoms with Crippen LogP contribution in [-0.4, -0.2) is 44.6 Å². The number of carbonyl (C=O) groups is 1. The van der Waals surface area contributed by atoms with Gasteiger partial charge in [0.2, 0.25) is 5.78 Å². The number of benzene rings is 3. The number of aromatic amines is 1. The molecule has 1 saturated heterocycles. The van der Waals surface area contributed by atoms with Crippen molar-refractivity contribution in [2.24, 2.45) is 0 Å². The Morgan fingerprint density at radius 2 is 1.81 bits per heavy atom. The lowest BCUT2D eigenvalue weighted by Gasteiger charge is -2.34. The normalized spacial score (nSPS) is 14.6. The third-order valence-corrected chi connectivity index (χ3v) is 8.19. The number of ketones is 1. The first-order chi connectivity index (χ1) is 20.2. The smallest absolute Gasteiger partial charge is 0.214 e. The Balaban J connectivity index is 1.23. The molecule has 5 aromatic rings. The summed E-state index contributed by atoms with van der Waals surface area (Å²) in [6, 6.07) is 16.9. The number of aromatic nitrogens is 3. The average molecular weight is 570 g/mol. The van der Waals surface area contributed by atoms with Crippen molar-refractivity contribution in [3.8, 4) is 17.2 Å². The number of nitrogen functional groups attached to an aromatic ring is 1. The zero-order valence-electron chi connectivity index (χ0n) is 23.8. The lowest BCUT2D eigenvalue weighted by atomic mass is 9.88. The second-order valence-electron chi connectivity index (χ2n) is 11.2. The molecule has 0 saturated carbocycles. The van der Waals surface area contributed by atoms with Crippen LogP contribution in [0.15, 0.2) is 66.9 Å². The van der Waals surface area contributed by atoms with Crippen LogP contribution in [0.1, 0.15) is 59.8 Å². The third kappa shape index (κ3) is 5.16. The monoisotopic (exact) mass is 569 g/mol. The number of nitrogens with one attached hydrogen (secondary N) is 1. The summed E-state index contributed by atoms with van der Waals surface area (Å²) >= 11 is 0. The average Bonchev–Trinajstić information content (AvgIpc) is 3.56. The zero-order valence-corrected chi connectivity index (χ0v) is 23.8. The number of nitrogens with zero attached hydrogens (tertiary/aromatic N) is 3. The van der Waals surface area contributed by atoms with E-state index in [2.05, 4.69) is 28.8 Å². The van der Waals surface area contributed by atoms with E-state index in [0.717, 1.165) is 31.5 Å². The van der Waals surface area contributed by atoms with Crippen LogP contribution in [0, 0.1) is 18.6 Å². The van der Waals surface area contributed by atoms with E-state index >= 15 is 4.39 Å². The van der Waals surface area contributed by atoms with Crippen LogP contribution < -0.4 is 10.5 Å². The summed E-state index contributed by atoms with van der Waals surface area (Å²) in [5.41, 5.74) is 9.79. The molecule has 2 aromatic heterocycles. The minimum absolute atomic E-state index is 0.123.